The molecule has 0 saturated heterocycles. The minimum absolute atomic E-state index is 0.264. The molecular formula is C16H19FS. The van der Waals surface area contributed by atoms with Crippen LogP contribution in [0.5, 0.6) is 0 Å². The van der Waals surface area contributed by atoms with Crippen molar-refractivity contribution in [3.63, 3.8) is 0 Å². The minimum atomic E-state index is -0.505. The second kappa shape index (κ2) is 9.63. The first-order chi connectivity index (χ1) is 8.60. The van der Waals surface area contributed by atoms with E-state index in [0.717, 1.165) is 17.6 Å². The molecular weight excluding hydrogens is 243 g/mol. The molecule has 0 aliphatic rings. The summed E-state index contributed by atoms with van der Waals surface area (Å²) in [6.07, 6.45) is 11.2. The molecule has 0 fully saturated rings. The maximum atomic E-state index is 13.8. The molecule has 0 heterocycles. The molecule has 96 valence electrons. The highest BCUT2D eigenvalue weighted by Gasteiger charge is 2.12. The average molecular weight is 262 g/mol. The summed E-state index contributed by atoms with van der Waals surface area (Å²) in [5.41, 5.74) is 1.72. The van der Waals surface area contributed by atoms with E-state index in [2.05, 4.69) is 30.4 Å². The van der Waals surface area contributed by atoms with E-state index in [1.807, 2.05) is 26.0 Å². The van der Waals surface area contributed by atoms with Gasteiger partial charge in [-0.2, -0.15) is 12.6 Å². The molecule has 0 rings (SSSR count). The third-order valence-corrected chi connectivity index (χ3v) is 2.60. The van der Waals surface area contributed by atoms with Gasteiger partial charge in [-0.25, -0.2) is 4.39 Å². The molecule has 18 heavy (non-hydrogen) atoms. The maximum Gasteiger partial charge on any atom is 0.116 e. The Hall–Kier alpha value is -1.38. The van der Waals surface area contributed by atoms with Gasteiger partial charge in [0.1, 0.15) is 5.83 Å². The first kappa shape index (κ1) is 16.6. The monoisotopic (exact) mass is 262 g/mol. The molecule has 2 heteroatoms. The lowest BCUT2D eigenvalue weighted by atomic mass is 9.98. The molecule has 1 unspecified atom stereocenters. The molecule has 0 aromatic heterocycles. The Labute approximate surface area is 115 Å². The van der Waals surface area contributed by atoms with Crippen molar-refractivity contribution < 1.29 is 4.39 Å². The molecule has 0 nitrogen and oxygen atoms in total. The van der Waals surface area contributed by atoms with Crippen LogP contribution in [0.3, 0.4) is 0 Å². The highest BCUT2D eigenvalue weighted by atomic mass is 32.1. The zero-order valence-corrected chi connectivity index (χ0v) is 12.0. The Morgan fingerprint density at radius 3 is 2.56 bits per heavy atom. The van der Waals surface area contributed by atoms with Crippen molar-refractivity contribution >= 4 is 12.6 Å². The third kappa shape index (κ3) is 5.80. The quantitative estimate of drug-likeness (QED) is 0.425. The van der Waals surface area contributed by atoms with Crippen molar-refractivity contribution in [3.8, 4) is 24.2 Å². The van der Waals surface area contributed by atoms with E-state index in [1.54, 1.807) is 6.92 Å². The van der Waals surface area contributed by atoms with Gasteiger partial charge < -0.3 is 0 Å². The molecule has 0 amide bonds. The van der Waals surface area contributed by atoms with E-state index in [4.69, 9.17) is 6.42 Å². The van der Waals surface area contributed by atoms with Gasteiger partial charge in [0.15, 0.2) is 0 Å². The second-order valence-corrected chi connectivity index (χ2v) is 4.06. The van der Waals surface area contributed by atoms with Gasteiger partial charge in [-0.3, -0.25) is 0 Å². The standard InChI is InChI=1S/C16H19FS/c1-5-8-15(16(17)11-12-18)13(4)9-10-14(6-2)7-3/h2,9-11,15,18H,7,12H2,1,3-4H3/b13-9+,14-10+,16-11+. The molecule has 1 atom stereocenters. The predicted octanol–water partition coefficient (Wildman–Crippen LogP) is 4.33. The van der Waals surface area contributed by atoms with Crippen LogP contribution in [0.2, 0.25) is 0 Å². The van der Waals surface area contributed by atoms with Gasteiger partial charge in [0.2, 0.25) is 0 Å². The lowest BCUT2D eigenvalue weighted by molar-refractivity contribution is 0.566. The summed E-state index contributed by atoms with van der Waals surface area (Å²) in [6, 6.07) is 0. The SMILES string of the molecule is C#C/C(=C\C=C(/C)C(C#CC)/C(F)=C\CS)CC. The molecule has 0 spiro atoms. The number of terminal acetylenes is 1. The molecule has 0 aliphatic heterocycles. The summed E-state index contributed by atoms with van der Waals surface area (Å²) in [6.45, 7) is 5.53. The number of thiol groups is 1. The first-order valence-electron chi connectivity index (χ1n) is 5.83. The van der Waals surface area contributed by atoms with Crippen LogP contribution >= 0.6 is 12.6 Å². The Morgan fingerprint density at radius 2 is 2.11 bits per heavy atom. The Bertz CT molecular complexity index is 450. The fraction of sp³-hybridized carbons (Fsp3) is 0.375. The molecule has 0 N–H and O–H groups in total. The van der Waals surface area contributed by atoms with Gasteiger partial charge in [-0.15, -0.1) is 12.3 Å². The van der Waals surface area contributed by atoms with E-state index >= 15 is 0 Å². The first-order valence-corrected chi connectivity index (χ1v) is 6.46. The van der Waals surface area contributed by atoms with Crippen molar-refractivity contribution in [2.24, 2.45) is 5.92 Å². The number of rotatable bonds is 5. The van der Waals surface area contributed by atoms with Crippen LogP contribution in [0.25, 0.3) is 0 Å². The van der Waals surface area contributed by atoms with Gasteiger partial charge in [-0.1, -0.05) is 36.5 Å². The fourth-order valence-corrected chi connectivity index (χ4v) is 1.52. The van der Waals surface area contributed by atoms with Crippen molar-refractivity contribution in [1.82, 2.24) is 0 Å². The number of allylic oxidation sites excluding steroid dienone is 5. The number of hydrogen-bond donors (Lipinski definition) is 1. The highest BCUT2D eigenvalue weighted by Crippen LogP contribution is 2.21. The van der Waals surface area contributed by atoms with E-state index in [1.165, 1.54) is 6.08 Å². The predicted molar refractivity (Wildman–Crippen MR) is 80.9 cm³/mol. The summed E-state index contributed by atoms with van der Waals surface area (Å²) in [7, 11) is 0. The molecule has 0 bridgehead atoms. The summed E-state index contributed by atoms with van der Waals surface area (Å²) in [5.74, 6) is 7.78. The van der Waals surface area contributed by atoms with Gasteiger partial charge in [0, 0.05) is 11.3 Å². The maximum absolute atomic E-state index is 13.8. The van der Waals surface area contributed by atoms with Crippen LogP contribution < -0.4 is 0 Å². The Morgan fingerprint density at radius 1 is 1.44 bits per heavy atom. The van der Waals surface area contributed by atoms with Crippen LogP contribution in [0, 0.1) is 30.1 Å². The molecule has 0 aromatic rings. The topological polar surface area (TPSA) is 0 Å². The van der Waals surface area contributed by atoms with Crippen LogP contribution in [0.4, 0.5) is 4.39 Å². The van der Waals surface area contributed by atoms with Crippen molar-refractivity contribution in [2.45, 2.75) is 27.2 Å². The largest absolute Gasteiger partial charge is 0.210 e. The summed E-state index contributed by atoms with van der Waals surface area (Å²) in [4.78, 5) is 0. The van der Waals surface area contributed by atoms with Gasteiger partial charge in [0.05, 0.1) is 5.92 Å². The van der Waals surface area contributed by atoms with Crippen LogP contribution in [0.1, 0.15) is 27.2 Å². The average Bonchev–Trinajstić information content (AvgIpc) is 2.37. The minimum Gasteiger partial charge on any atom is -0.210 e. The zero-order valence-electron chi connectivity index (χ0n) is 11.1. The Kier molecular flexibility index (Phi) is 8.89. The summed E-state index contributed by atoms with van der Waals surface area (Å²) in [5, 5.41) is 0. The molecule has 0 radical (unpaired) electrons. The van der Waals surface area contributed by atoms with Gasteiger partial charge >= 0.3 is 0 Å². The normalized spacial score (nSPS) is 14.6. The fourth-order valence-electron chi connectivity index (χ4n) is 1.35. The van der Waals surface area contributed by atoms with E-state index in [0.29, 0.717) is 5.75 Å². The summed E-state index contributed by atoms with van der Waals surface area (Å²) < 4.78 is 13.8. The van der Waals surface area contributed by atoms with Crippen LogP contribution in [-0.2, 0) is 0 Å². The smallest absolute Gasteiger partial charge is 0.116 e. The third-order valence-electron chi connectivity index (χ3n) is 2.42. The van der Waals surface area contributed by atoms with Gasteiger partial charge in [0.25, 0.3) is 0 Å². The van der Waals surface area contributed by atoms with E-state index < -0.39 is 5.92 Å². The van der Waals surface area contributed by atoms with Crippen molar-refractivity contribution in [2.75, 3.05) is 5.75 Å². The Balaban J connectivity index is 5.21. The number of halogens is 1. The highest BCUT2D eigenvalue weighted by molar-refractivity contribution is 7.80. The zero-order chi connectivity index (χ0) is 14.0. The molecule has 0 saturated carbocycles. The van der Waals surface area contributed by atoms with Gasteiger partial charge in [-0.05, 0) is 26.3 Å². The van der Waals surface area contributed by atoms with Crippen LogP contribution in [0.15, 0.2) is 35.2 Å². The van der Waals surface area contributed by atoms with E-state index in [9.17, 15) is 4.39 Å². The lowest BCUT2D eigenvalue weighted by Gasteiger charge is -2.08. The lowest BCUT2D eigenvalue weighted by Crippen LogP contribution is -2.00. The van der Waals surface area contributed by atoms with Crippen molar-refractivity contribution in [3.05, 3.63) is 35.2 Å². The van der Waals surface area contributed by atoms with E-state index in [-0.39, 0.29) is 5.83 Å². The number of hydrogen-bond acceptors (Lipinski definition) is 1. The van der Waals surface area contributed by atoms with Crippen molar-refractivity contribution in [1.29, 1.82) is 0 Å². The van der Waals surface area contributed by atoms with Crippen LogP contribution in [-0.4, -0.2) is 5.75 Å². The molecule has 0 aromatic carbocycles. The molecule has 0 aliphatic carbocycles. The summed E-state index contributed by atoms with van der Waals surface area (Å²) >= 11 is 3.98. The second-order valence-electron chi connectivity index (χ2n) is 3.70.